The predicted octanol–water partition coefficient (Wildman–Crippen LogP) is 4.45. The summed E-state index contributed by atoms with van der Waals surface area (Å²) in [6.07, 6.45) is 5.67. The Morgan fingerprint density at radius 3 is 2.17 bits per heavy atom. The normalized spacial score (nSPS) is 11.7. The molecule has 23 heavy (non-hydrogen) atoms. The molecule has 0 rings (SSSR count). The van der Waals surface area contributed by atoms with Crippen LogP contribution in [0.5, 0.6) is 0 Å². The lowest BCUT2D eigenvalue weighted by Gasteiger charge is -2.08. The van der Waals surface area contributed by atoms with Crippen molar-refractivity contribution in [3.05, 3.63) is 23.8 Å². The molecule has 0 N–H and O–H groups in total. The molecule has 4 heteroatoms. The van der Waals surface area contributed by atoms with E-state index in [4.69, 9.17) is 9.47 Å². The van der Waals surface area contributed by atoms with Crippen LogP contribution in [-0.2, 0) is 19.1 Å². The van der Waals surface area contributed by atoms with E-state index in [9.17, 15) is 9.59 Å². The first-order valence-electron chi connectivity index (χ1n) is 8.45. The molecule has 0 aliphatic heterocycles. The molecule has 0 unspecified atom stereocenters. The second-order valence-electron chi connectivity index (χ2n) is 6.72. The first-order chi connectivity index (χ1) is 10.7. The van der Waals surface area contributed by atoms with Gasteiger partial charge in [0.05, 0.1) is 18.8 Å². The van der Waals surface area contributed by atoms with Gasteiger partial charge in [-0.05, 0) is 31.3 Å². The molecule has 0 aromatic carbocycles. The van der Waals surface area contributed by atoms with Crippen molar-refractivity contribution in [3.63, 3.8) is 0 Å². The van der Waals surface area contributed by atoms with Gasteiger partial charge in [-0.3, -0.25) is 0 Å². The van der Waals surface area contributed by atoms with Crippen molar-refractivity contribution >= 4 is 11.9 Å². The Kier molecular flexibility index (Phi) is 11.1. The van der Waals surface area contributed by atoms with Gasteiger partial charge in [-0.2, -0.15) is 0 Å². The number of rotatable bonds is 11. The fourth-order valence-electron chi connectivity index (χ4n) is 1.82. The molecule has 0 aromatic heterocycles. The van der Waals surface area contributed by atoms with E-state index in [1.807, 2.05) is 13.8 Å². The molecule has 0 heterocycles. The maximum Gasteiger partial charge on any atom is 0.337 e. The molecule has 0 aliphatic rings. The minimum atomic E-state index is -0.482. The second-order valence-corrected chi connectivity index (χ2v) is 6.72. The van der Waals surface area contributed by atoms with Crippen LogP contribution in [0.3, 0.4) is 0 Å². The molecular weight excluding hydrogens is 292 g/mol. The van der Waals surface area contributed by atoms with Gasteiger partial charge in [-0.15, -0.1) is 0 Å². The molecule has 0 saturated heterocycles. The summed E-state index contributed by atoms with van der Waals surface area (Å²) in [5.74, 6) is 0.0720. The lowest BCUT2D eigenvalue weighted by molar-refractivity contribution is -0.140. The topological polar surface area (TPSA) is 52.6 Å². The summed E-state index contributed by atoms with van der Waals surface area (Å²) in [6, 6.07) is 0. The first-order valence-corrected chi connectivity index (χ1v) is 8.45. The summed E-state index contributed by atoms with van der Waals surface area (Å²) in [7, 11) is 0. The summed E-state index contributed by atoms with van der Waals surface area (Å²) in [4.78, 5) is 23.5. The van der Waals surface area contributed by atoms with Crippen molar-refractivity contribution in [2.45, 2.75) is 60.3 Å². The third-order valence-electron chi connectivity index (χ3n) is 3.18. The van der Waals surface area contributed by atoms with Crippen LogP contribution >= 0.6 is 0 Å². The fourth-order valence-corrected chi connectivity index (χ4v) is 1.82. The Morgan fingerprint density at radius 2 is 1.61 bits per heavy atom. The van der Waals surface area contributed by atoms with E-state index in [0.717, 1.165) is 19.3 Å². The van der Waals surface area contributed by atoms with Gasteiger partial charge >= 0.3 is 11.9 Å². The Labute approximate surface area is 140 Å². The van der Waals surface area contributed by atoms with Crippen LogP contribution < -0.4 is 0 Å². The van der Waals surface area contributed by atoms with Crippen LogP contribution in [0.4, 0.5) is 0 Å². The fraction of sp³-hybridized carbons (Fsp3) is 0.684. The molecule has 0 saturated carbocycles. The molecule has 0 radical (unpaired) electrons. The SMILES string of the molecule is C=C(/C=C(\C)C(=O)OCC(C)C)C(=O)OCCCCCC(C)C. The lowest BCUT2D eigenvalue weighted by Crippen LogP contribution is -2.12. The highest BCUT2D eigenvalue weighted by Crippen LogP contribution is 2.09. The zero-order valence-corrected chi connectivity index (χ0v) is 15.3. The summed E-state index contributed by atoms with van der Waals surface area (Å²) in [5.41, 5.74) is 0.524. The summed E-state index contributed by atoms with van der Waals surface area (Å²) < 4.78 is 10.2. The third kappa shape index (κ3) is 11.6. The Hall–Kier alpha value is -1.58. The average Bonchev–Trinajstić information content (AvgIpc) is 2.47. The molecule has 0 spiro atoms. The maximum absolute atomic E-state index is 11.8. The standard InChI is InChI=1S/C19H32O4/c1-14(2)10-8-7-9-11-22-18(20)16(5)12-17(6)19(21)23-13-15(3)4/h12,14-15H,5,7-11,13H2,1-4,6H3/b17-12+. The highest BCUT2D eigenvalue weighted by molar-refractivity contribution is 5.95. The molecule has 0 atom stereocenters. The van der Waals surface area contributed by atoms with Crippen molar-refractivity contribution in [1.29, 1.82) is 0 Å². The molecule has 0 bridgehead atoms. The van der Waals surface area contributed by atoms with E-state index in [0.29, 0.717) is 24.7 Å². The zero-order valence-electron chi connectivity index (χ0n) is 15.3. The van der Waals surface area contributed by atoms with Gasteiger partial charge in [0.1, 0.15) is 0 Å². The van der Waals surface area contributed by atoms with Gasteiger partial charge in [0.25, 0.3) is 0 Å². The number of ether oxygens (including phenoxy) is 2. The average molecular weight is 324 g/mol. The van der Waals surface area contributed by atoms with E-state index in [1.165, 1.54) is 12.5 Å². The number of unbranched alkanes of at least 4 members (excludes halogenated alkanes) is 2. The number of hydrogen-bond acceptors (Lipinski definition) is 4. The molecule has 0 amide bonds. The second kappa shape index (κ2) is 11.9. The van der Waals surface area contributed by atoms with Crippen LogP contribution in [-0.4, -0.2) is 25.2 Å². The first kappa shape index (κ1) is 21.4. The highest BCUT2D eigenvalue weighted by Gasteiger charge is 2.11. The summed E-state index contributed by atoms with van der Waals surface area (Å²) >= 11 is 0. The van der Waals surface area contributed by atoms with Gasteiger partial charge in [0.15, 0.2) is 0 Å². The molecule has 0 aliphatic carbocycles. The van der Waals surface area contributed by atoms with E-state index < -0.39 is 11.9 Å². The smallest absolute Gasteiger partial charge is 0.337 e. The van der Waals surface area contributed by atoms with Gasteiger partial charge in [-0.25, -0.2) is 9.59 Å². The van der Waals surface area contributed by atoms with Crippen molar-refractivity contribution in [2.75, 3.05) is 13.2 Å². The molecule has 132 valence electrons. The van der Waals surface area contributed by atoms with Gasteiger partial charge in [-0.1, -0.05) is 53.5 Å². The van der Waals surface area contributed by atoms with Gasteiger partial charge in [0, 0.05) is 5.57 Å². The number of carbonyl (C=O) groups is 2. The van der Waals surface area contributed by atoms with Gasteiger partial charge < -0.3 is 9.47 Å². The quantitative estimate of drug-likeness (QED) is 0.244. The minimum Gasteiger partial charge on any atom is -0.462 e. The van der Waals surface area contributed by atoms with E-state index in [2.05, 4.69) is 20.4 Å². The predicted molar refractivity (Wildman–Crippen MR) is 93.0 cm³/mol. The van der Waals surface area contributed by atoms with Crippen LogP contribution in [0.25, 0.3) is 0 Å². The van der Waals surface area contributed by atoms with Crippen LogP contribution in [0, 0.1) is 11.8 Å². The highest BCUT2D eigenvalue weighted by atomic mass is 16.5. The minimum absolute atomic E-state index is 0.172. The van der Waals surface area contributed by atoms with Crippen molar-refractivity contribution in [3.8, 4) is 0 Å². The van der Waals surface area contributed by atoms with Crippen molar-refractivity contribution < 1.29 is 19.1 Å². The van der Waals surface area contributed by atoms with Crippen LogP contribution in [0.1, 0.15) is 60.3 Å². The molecule has 4 nitrogen and oxygen atoms in total. The number of esters is 2. The van der Waals surface area contributed by atoms with Crippen molar-refractivity contribution in [2.24, 2.45) is 11.8 Å². The Morgan fingerprint density at radius 1 is 0.957 bits per heavy atom. The largest absolute Gasteiger partial charge is 0.462 e. The summed E-state index contributed by atoms with van der Waals surface area (Å²) in [6.45, 7) is 14.3. The zero-order chi connectivity index (χ0) is 17.8. The van der Waals surface area contributed by atoms with Crippen LogP contribution in [0.2, 0.25) is 0 Å². The summed E-state index contributed by atoms with van der Waals surface area (Å²) in [5, 5.41) is 0. The monoisotopic (exact) mass is 324 g/mol. The van der Waals surface area contributed by atoms with E-state index in [-0.39, 0.29) is 11.5 Å². The van der Waals surface area contributed by atoms with Crippen LogP contribution in [0.15, 0.2) is 23.8 Å². The maximum atomic E-state index is 11.8. The van der Waals surface area contributed by atoms with E-state index in [1.54, 1.807) is 6.92 Å². The number of hydrogen-bond donors (Lipinski definition) is 0. The van der Waals surface area contributed by atoms with Crippen molar-refractivity contribution in [1.82, 2.24) is 0 Å². The molecule has 0 aromatic rings. The Balaban J connectivity index is 4.06. The third-order valence-corrected chi connectivity index (χ3v) is 3.18. The molecule has 0 fully saturated rings. The molecular formula is C19H32O4. The lowest BCUT2D eigenvalue weighted by atomic mass is 10.1. The Bertz CT molecular complexity index is 419. The van der Waals surface area contributed by atoms with E-state index >= 15 is 0 Å². The van der Waals surface area contributed by atoms with Gasteiger partial charge in [0.2, 0.25) is 0 Å². The number of carbonyl (C=O) groups excluding carboxylic acids is 2.